The van der Waals surface area contributed by atoms with E-state index in [2.05, 4.69) is 139 Å². The molecule has 7 heterocycles. The number of ether oxygens (including phenoxy) is 2. The number of rotatable bonds is 41. The lowest BCUT2D eigenvalue weighted by atomic mass is 9.94. The lowest BCUT2D eigenvalue weighted by Crippen LogP contribution is -2.13. The minimum Gasteiger partial charge on any atom is -0.461 e. The molecule has 0 fully saturated rings. The fourth-order valence-electron chi connectivity index (χ4n) is 13.1. The van der Waals surface area contributed by atoms with E-state index in [0.29, 0.717) is 34.8 Å². The van der Waals surface area contributed by atoms with Crippen LogP contribution >= 0.6 is 79.4 Å². The van der Waals surface area contributed by atoms with Crippen LogP contribution in [0.1, 0.15) is 252 Å². The third-order valence-electron chi connectivity index (χ3n) is 18.8. The van der Waals surface area contributed by atoms with Gasteiger partial charge in [-0.3, -0.25) is 0 Å². The molecule has 11 heteroatoms. The van der Waals surface area contributed by atoms with Gasteiger partial charge in [0.05, 0.1) is 42.1 Å². The van der Waals surface area contributed by atoms with Crippen molar-refractivity contribution in [1.29, 1.82) is 0 Å². The molecule has 0 amide bonds. The van der Waals surface area contributed by atoms with E-state index in [1.807, 2.05) is 56.7 Å². The molecule has 0 bridgehead atoms. The Morgan fingerprint density at radius 3 is 1.20 bits per heavy atom. The van der Waals surface area contributed by atoms with Crippen LogP contribution in [-0.4, -0.2) is 25.2 Å². The van der Waals surface area contributed by atoms with Gasteiger partial charge < -0.3 is 9.47 Å². The first kappa shape index (κ1) is 69.4. The summed E-state index contributed by atoms with van der Waals surface area (Å²) in [5.74, 6) is 0.372. The van der Waals surface area contributed by atoms with Gasteiger partial charge in [-0.1, -0.05) is 256 Å². The van der Waals surface area contributed by atoms with E-state index in [9.17, 15) is 9.59 Å². The van der Waals surface area contributed by atoms with Crippen LogP contribution in [0.25, 0.3) is 90.5 Å². The number of unbranched alkanes of at least 4 members (excludes halogenated alkanes) is 20. The van der Waals surface area contributed by atoms with E-state index in [1.165, 1.54) is 212 Å². The highest BCUT2D eigenvalue weighted by Crippen LogP contribution is 2.56. The number of carbonyl (C=O) groups excluding carboxylic acids is 2. The zero-order valence-electron chi connectivity index (χ0n) is 55.5. The second kappa shape index (κ2) is 35.9. The first-order valence-corrected chi connectivity index (χ1v) is 41.2. The molecular weight excluding hydrogens is 1250 g/mol. The van der Waals surface area contributed by atoms with Crippen LogP contribution in [0.15, 0.2) is 97.1 Å². The third-order valence-corrected chi connectivity index (χ3v) is 27.8. The van der Waals surface area contributed by atoms with Gasteiger partial charge in [0.1, 0.15) is 9.75 Å². The summed E-state index contributed by atoms with van der Waals surface area (Å²) < 4.78 is 17.6. The zero-order chi connectivity index (χ0) is 63.3. The van der Waals surface area contributed by atoms with Crippen molar-refractivity contribution < 1.29 is 19.1 Å². The monoisotopic (exact) mass is 1350 g/mol. The van der Waals surface area contributed by atoms with Gasteiger partial charge >= 0.3 is 11.9 Å². The molecule has 0 radical (unpaired) electrons. The smallest absolute Gasteiger partial charge is 0.348 e. The van der Waals surface area contributed by atoms with Gasteiger partial charge in [0.2, 0.25) is 0 Å². The molecule has 10 rings (SSSR count). The van der Waals surface area contributed by atoms with Gasteiger partial charge in [-0.05, 0) is 120 Å². The summed E-state index contributed by atoms with van der Waals surface area (Å²) in [4.78, 5) is 39.9. The molecule has 4 nitrogen and oxygen atoms in total. The molecule has 0 N–H and O–H groups in total. The lowest BCUT2D eigenvalue weighted by Gasteiger charge is -2.14. The molecule has 10 aromatic rings. The Labute approximate surface area is 573 Å². The highest BCUT2D eigenvalue weighted by atomic mass is 32.1. The van der Waals surface area contributed by atoms with E-state index >= 15 is 0 Å². The maximum absolute atomic E-state index is 14.3. The Bertz CT molecular complexity index is 3760. The first-order valence-electron chi connectivity index (χ1n) is 35.4. The number of aryl methyl sites for hydroxylation is 2. The third kappa shape index (κ3) is 17.9. The van der Waals surface area contributed by atoms with Crippen molar-refractivity contribution in [2.75, 3.05) is 13.2 Å². The second-order valence-electron chi connectivity index (χ2n) is 25.7. The molecule has 91 heavy (non-hydrogen) atoms. The molecule has 0 spiro atoms. The molecule has 0 aliphatic carbocycles. The van der Waals surface area contributed by atoms with E-state index in [4.69, 9.17) is 9.47 Å². The molecule has 7 aromatic heterocycles. The SMILES string of the molecule is CCCCCCCCCCCCc1c2cc(-c3sc(-c4ccc(-c5ccccc5)s4)c4cc(C(=O)OCC(CC)CCCC)sc34)sc2c(CCCCCCCCCCCC)c2cc(-c3sc(-c4ccccc4)c4sc(C(=O)OCC(CC)CCCC)cc34)sc12. The maximum atomic E-state index is 14.3. The largest absolute Gasteiger partial charge is 0.461 e. The summed E-state index contributed by atoms with van der Waals surface area (Å²) in [5.41, 5.74) is 5.41. The van der Waals surface area contributed by atoms with Crippen molar-refractivity contribution in [3.05, 3.63) is 118 Å². The number of thiophene rings is 7. The second-order valence-corrected chi connectivity index (χ2v) is 33.0. The van der Waals surface area contributed by atoms with Crippen molar-refractivity contribution in [1.82, 2.24) is 0 Å². The van der Waals surface area contributed by atoms with Crippen molar-refractivity contribution in [2.45, 2.75) is 234 Å². The van der Waals surface area contributed by atoms with Crippen LogP contribution in [0.3, 0.4) is 0 Å². The normalized spacial score (nSPS) is 12.6. The Morgan fingerprint density at radius 2 is 0.736 bits per heavy atom. The number of benzene rings is 3. The minimum atomic E-state index is -0.195. The number of hydrogen-bond donors (Lipinski definition) is 0. The van der Waals surface area contributed by atoms with Crippen molar-refractivity contribution in [2.24, 2.45) is 11.8 Å². The zero-order valence-corrected chi connectivity index (χ0v) is 61.2. The summed E-state index contributed by atoms with van der Waals surface area (Å²) in [6.07, 6.45) is 37.0. The van der Waals surface area contributed by atoms with Crippen LogP contribution in [0.5, 0.6) is 0 Å². The van der Waals surface area contributed by atoms with E-state index < -0.39 is 0 Å². The Kier molecular flexibility index (Phi) is 27.3. The fourth-order valence-corrected chi connectivity index (χ4v) is 22.1. The molecule has 2 atom stereocenters. The molecule has 0 saturated carbocycles. The van der Waals surface area contributed by atoms with Crippen LogP contribution in [-0.2, 0) is 22.3 Å². The van der Waals surface area contributed by atoms with Crippen LogP contribution in [0.4, 0.5) is 0 Å². The summed E-state index contributed by atoms with van der Waals surface area (Å²) >= 11 is 12.9. The Balaban J connectivity index is 1.09. The standard InChI is InChI=1S/C80H100O4S7/c1-7-13-17-19-21-23-25-27-29-37-45-59-61-49-67(75-64-52-69(79(81)83-53-55(11-5)39-15-9-3)88-76(64)71(90-75)58-43-35-32-36-44-58)86-72(61)60(46-38-30-28-26-24-22-20-18-14-8-2)62-50-68(87-73(59)62)78-77-63(51-70(89-77)80(82)84-54-56(12-6)40-16-10-4)74(91-78)66-48-47-65(85-66)57-41-33-31-34-42-57/h31-36,41-44,47-52,55-56H,7-30,37-40,45-46,53-54H2,1-6H3. The van der Waals surface area contributed by atoms with Crippen LogP contribution in [0.2, 0.25) is 0 Å². The van der Waals surface area contributed by atoms with Gasteiger partial charge in [0.15, 0.2) is 0 Å². The fraction of sp³-hybridized carbons (Fsp3) is 0.500. The Hall–Kier alpha value is -4.46. The quantitative estimate of drug-likeness (QED) is 0.0283. The minimum absolute atomic E-state index is 0.194. The number of fused-ring (bicyclic) bond motifs is 4. The highest BCUT2D eigenvalue weighted by molar-refractivity contribution is 7.34. The van der Waals surface area contributed by atoms with Crippen molar-refractivity contribution in [3.8, 4) is 50.1 Å². The summed E-state index contributed by atoms with van der Waals surface area (Å²) in [6, 6.07) is 35.6. The summed E-state index contributed by atoms with van der Waals surface area (Å²) in [6.45, 7) is 14.5. The average Bonchev–Trinajstić information content (AvgIpc) is 1.59. The number of esters is 2. The van der Waals surface area contributed by atoms with E-state index in [0.717, 1.165) is 82.4 Å². The van der Waals surface area contributed by atoms with Gasteiger partial charge in [0.25, 0.3) is 0 Å². The predicted molar refractivity (Wildman–Crippen MR) is 407 cm³/mol. The Morgan fingerprint density at radius 1 is 0.341 bits per heavy atom. The topological polar surface area (TPSA) is 52.6 Å². The van der Waals surface area contributed by atoms with Crippen LogP contribution < -0.4 is 0 Å². The first-order chi connectivity index (χ1) is 44.7. The molecule has 0 aliphatic rings. The highest BCUT2D eigenvalue weighted by Gasteiger charge is 2.28. The molecule has 0 aliphatic heterocycles. The lowest BCUT2D eigenvalue weighted by molar-refractivity contribution is 0.0425. The molecule has 3 aromatic carbocycles. The summed E-state index contributed by atoms with van der Waals surface area (Å²) in [7, 11) is 0. The molecular formula is C80H100O4S7. The van der Waals surface area contributed by atoms with Gasteiger partial charge in [-0.15, -0.1) is 79.4 Å². The van der Waals surface area contributed by atoms with Crippen molar-refractivity contribution in [3.63, 3.8) is 0 Å². The number of hydrogen-bond acceptors (Lipinski definition) is 11. The molecule has 0 saturated heterocycles. The number of carbonyl (C=O) groups is 2. The van der Waals surface area contributed by atoms with Gasteiger partial charge in [-0.25, -0.2) is 9.59 Å². The molecule has 486 valence electrons. The maximum Gasteiger partial charge on any atom is 0.348 e. The molecule has 2 unspecified atom stereocenters. The van der Waals surface area contributed by atoms with Crippen molar-refractivity contribution >= 4 is 132 Å². The van der Waals surface area contributed by atoms with E-state index in [1.54, 1.807) is 22.7 Å². The summed E-state index contributed by atoms with van der Waals surface area (Å²) in [5, 5.41) is 5.17. The van der Waals surface area contributed by atoms with Gasteiger partial charge in [0, 0.05) is 39.7 Å². The van der Waals surface area contributed by atoms with E-state index in [-0.39, 0.29) is 11.9 Å². The predicted octanol–water partition coefficient (Wildman–Crippen LogP) is 28.7. The van der Waals surface area contributed by atoms with Crippen LogP contribution in [0, 0.1) is 11.8 Å². The van der Waals surface area contributed by atoms with Gasteiger partial charge in [-0.2, -0.15) is 0 Å². The average molecular weight is 1350 g/mol.